The van der Waals surface area contributed by atoms with E-state index in [0.717, 1.165) is 22.7 Å². The van der Waals surface area contributed by atoms with Gasteiger partial charge in [0.05, 0.1) is 24.8 Å². The van der Waals surface area contributed by atoms with Gasteiger partial charge in [0.1, 0.15) is 5.65 Å². The maximum absolute atomic E-state index is 9.57. The topological polar surface area (TPSA) is 53.9 Å². The quantitative estimate of drug-likeness (QED) is 0.777. The van der Waals surface area contributed by atoms with Crippen LogP contribution in [0.2, 0.25) is 0 Å². The largest absolute Gasteiger partial charge is 0.472 e. The maximum Gasteiger partial charge on any atom is 0.153 e. The standard InChI is InChI=1S/C14H15N3O2/c1-16(8-11-5-7-19-10-11)14-12(9-18)17-6-3-2-4-13(17)15-14/h2-7,10,18H,8-9H2,1H3. The summed E-state index contributed by atoms with van der Waals surface area (Å²) in [6.45, 7) is 0.642. The highest BCUT2D eigenvalue weighted by molar-refractivity contribution is 5.55. The molecule has 3 heterocycles. The molecule has 19 heavy (non-hydrogen) atoms. The average Bonchev–Trinajstić information content (AvgIpc) is 3.04. The number of anilines is 1. The minimum absolute atomic E-state index is 0.0454. The fourth-order valence-corrected chi connectivity index (χ4v) is 2.22. The minimum Gasteiger partial charge on any atom is -0.472 e. The Morgan fingerprint density at radius 1 is 1.37 bits per heavy atom. The van der Waals surface area contributed by atoms with Gasteiger partial charge < -0.3 is 14.4 Å². The van der Waals surface area contributed by atoms with Crippen molar-refractivity contribution in [2.45, 2.75) is 13.2 Å². The summed E-state index contributed by atoms with van der Waals surface area (Å²) in [5.74, 6) is 0.787. The Morgan fingerprint density at radius 3 is 3.00 bits per heavy atom. The maximum atomic E-state index is 9.57. The Morgan fingerprint density at radius 2 is 2.26 bits per heavy atom. The number of hydrogen-bond donors (Lipinski definition) is 1. The van der Waals surface area contributed by atoms with Gasteiger partial charge in [-0.25, -0.2) is 4.98 Å². The van der Waals surface area contributed by atoms with Gasteiger partial charge in [-0.2, -0.15) is 0 Å². The molecule has 5 heteroatoms. The molecule has 1 N–H and O–H groups in total. The van der Waals surface area contributed by atoms with Gasteiger partial charge in [-0.3, -0.25) is 4.40 Å². The molecule has 0 atom stereocenters. The molecule has 0 spiro atoms. The number of aliphatic hydroxyl groups is 1. The number of aromatic nitrogens is 2. The Kier molecular flexibility index (Phi) is 2.97. The molecule has 0 fully saturated rings. The zero-order valence-electron chi connectivity index (χ0n) is 10.7. The number of furan rings is 1. The lowest BCUT2D eigenvalue weighted by Gasteiger charge is -2.16. The van der Waals surface area contributed by atoms with Gasteiger partial charge in [-0.15, -0.1) is 0 Å². The molecule has 0 aliphatic rings. The van der Waals surface area contributed by atoms with Crippen molar-refractivity contribution in [2.24, 2.45) is 0 Å². The van der Waals surface area contributed by atoms with Crippen molar-refractivity contribution in [1.82, 2.24) is 9.38 Å². The third-order valence-electron chi connectivity index (χ3n) is 3.12. The third kappa shape index (κ3) is 2.08. The number of nitrogens with zero attached hydrogens (tertiary/aromatic N) is 3. The summed E-state index contributed by atoms with van der Waals surface area (Å²) >= 11 is 0. The van der Waals surface area contributed by atoms with Gasteiger partial charge >= 0.3 is 0 Å². The van der Waals surface area contributed by atoms with Crippen LogP contribution in [-0.4, -0.2) is 21.5 Å². The molecule has 0 aromatic carbocycles. The fourth-order valence-electron chi connectivity index (χ4n) is 2.22. The highest BCUT2D eigenvalue weighted by Crippen LogP contribution is 2.22. The third-order valence-corrected chi connectivity index (χ3v) is 3.12. The second kappa shape index (κ2) is 4.78. The first-order chi connectivity index (χ1) is 9.29. The van der Waals surface area contributed by atoms with E-state index in [0.29, 0.717) is 6.54 Å². The first-order valence-electron chi connectivity index (χ1n) is 6.08. The van der Waals surface area contributed by atoms with E-state index in [1.807, 2.05) is 46.8 Å². The molecule has 0 amide bonds. The van der Waals surface area contributed by atoms with Crippen LogP contribution in [-0.2, 0) is 13.2 Å². The van der Waals surface area contributed by atoms with Crippen LogP contribution in [0.5, 0.6) is 0 Å². The normalized spacial score (nSPS) is 11.1. The molecule has 0 radical (unpaired) electrons. The lowest BCUT2D eigenvalue weighted by atomic mass is 10.3. The monoisotopic (exact) mass is 257 g/mol. The fraction of sp³-hybridized carbons (Fsp3) is 0.214. The van der Waals surface area contributed by atoms with Gasteiger partial charge in [0, 0.05) is 25.4 Å². The number of hydrogen-bond acceptors (Lipinski definition) is 4. The summed E-state index contributed by atoms with van der Waals surface area (Å²) in [5.41, 5.74) is 2.70. The average molecular weight is 257 g/mol. The summed E-state index contributed by atoms with van der Waals surface area (Å²) in [5, 5.41) is 9.57. The van der Waals surface area contributed by atoms with E-state index in [2.05, 4.69) is 4.98 Å². The molecule has 3 rings (SSSR count). The van der Waals surface area contributed by atoms with Crippen LogP contribution in [0.15, 0.2) is 47.4 Å². The second-order valence-corrected chi connectivity index (χ2v) is 4.46. The zero-order valence-corrected chi connectivity index (χ0v) is 10.7. The summed E-state index contributed by atoms with van der Waals surface area (Å²) in [7, 11) is 1.95. The molecule has 0 aliphatic heterocycles. The first kappa shape index (κ1) is 11.8. The molecular weight excluding hydrogens is 242 g/mol. The van der Waals surface area contributed by atoms with Crippen molar-refractivity contribution < 1.29 is 9.52 Å². The van der Waals surface area contributed by atoms with Crippen LogP contribution >= 0.6 is 0 Å². The number of pyridine rings is 1. The number of fused-ring (bicyclic) bond motifs is 1. The van der Waals surface area contributed by atoms with Crippen molar-refractivity contribution >= 4 is 11.5 Å². The molecule has 3 aromatic rings. The van der Waals surface area contributed by atoms with Crippen LogP contribution in [0.1, 0.15) is 11.3 Å². The van der Waals surface area contributed by atoms with E-state index in [1.54, 1.807) is 12.5 Å². The van der Waals surface area contributed by atoms with Crippen LogP contribution < -0.4 is 4.90 Å². The van der Waals surface area contributed by atoms with Crippen LogP contribution in [0.3, 0.4) is 0 Å². The highest BCUT2D eigenvalue weighted by atomic mass is 16.3. The highest BCUT2D eigenvalue weighted by Gasteiger charge is 2.15. The smallest absolute Gasteiger partial charge is 0.153 e. The van der Waals surface area contributed by atoms with E-state index < -0.39 is 0 Å². The van der Waals surface area contributed by atoms with Crippen LogP contribution in [0, 0.1) is 0 Å². The van der Waals surface area contributed by atoms with Crippen molar-refractivity contribution in [3.05, 3.63) is 54.2 Å². The molecule has 0 saturated carbocycles. The number of rotatable bonds is 4. The molecule has 0 aliphatic carbocycles. The Labute approximate surface area is 110 Å². The van der Waals surface area contributed by atoms with Crippen molar-refractivity contribution in [3.63, 3.8) is 0 Å². The molecule has 3 aromatic heterocycles. The minimum atomic E-state index is -0.0454. The lowest BCUT2D eigenvalue weighted by Crippen LogP contribution is -2.18. The van der Waals surface area contributed by atoms with Crippen molar-refractivity contribution in [3.8, 4) is 0 Å². The van der Waals surface area contributed by atoms with Crippen molar-refractivity contribution in [2.75, 3.05) is 11.9 Å². The molecule has 98 valence electrons. The summed E-state index contributed by atoms with van der Waals surface area (Å²) < 4.78 is 6.97. The molecule has 0 saturated heterocycles. The van der Waals surface area contributed by atoms with Gasteiger partial charge in [-0.1, -0.05) is 6.07 Å². The molecule has 0 bridgehead atoms. The van der Waals surface area contributed by atoms with Gasteiger partial charge in [0.2, 0.25) is 0 Å². The van der Waals surface area contributed by atoms with Crippen LogP contribution in [0.4, 0.5) is 5.82 Å². The Bertz CT molecular complexity index is 673. The summed E-state index contributed by atoms with van der Waals surface area (Å²) in [6.07, 6.45) is 5.27. The van der Waals surface area contributed by atoms with E-state index in [9.17, 15) is 5.11 Å². The van der Waals surface area contributed by atoms with Gasteiger partial charge in [0.15, 0.2) is 5.82 Å². The number of imidazole rings is 1. The lowest BCUT2D eigenvalue weighted by molar-refractivity contribution is 0.276. The Hall–Kier alpha value is -2.27. The van der Waals surface area contributed by atoms with E-state index in [1.165, 1.54) is 0 Å². The van der Waals surface area contributed by atoms with E-state index in [4.69, 9.17) is 4.42 Å². The first-order valence-corrected chi connectivity index (χ1v) is 6.08. The SMILES string of the molecule is CN(Cc1ccoc1)c1nc2ccccn2c1CO. The predicted molar refractivity (Wildman–Crippen MR) is 71.9 cm³/mol. The molecule has 5 nitrogen and oxygen atoms in total. The summed E-state index contributed by atoms with van der Waals surface area (Å²) in [6, 6.07) is 7.70. The molecular formula is C14H15N3O2. The number of aliphatic hydroxyl groups excluding tert-OH is 1. The zero-order chi connectivity index (χ0) is 13.2. The predicted octanol–water partition coefficient (Wildman–Crippen LogP) is 2.06. The van der Waals surface area contributed by atoms with Crippen LogP contribution in [0.25, 0.3) is 5.65 Å². The second-order valence-electron chi connectivity index (χ2n) is 4.46. The van der Waals surface area contributed by atoms with Gasteiger partial charge in [0.25, 0.3) is 0 Å². The summed E-state index contributed by atoms with van der Waals surface area (Å²) in [4.78, 5) is 6.57. The van der Waals surface area contributed by atoms with Crippen molar-refractivity contribution in [1.29, 1.82) is 0 Å². The van der Waals surface area contributed by atoms with Gasteiger partial charge in [-0.05, 0) is 18.2 Å². The Balaban J connectivity index is 1.99. The van der Waals surface area contributed by atoms with E-state index >= 15 is 0 Å². The van der Waals surface area contributed by atoms with E-state index in [-0.39, 0.29) is 6.61 Å². The molecule has 0 unspecified atom stereocenters.